The maximum absolute atomic E-state index is 3.76. The summed E-state index contributed by atoms with van der Waals surface area (Å²) >= 11 is 0. The van der Waals surface area contributed by atoms with Crippen LogP contribution in [0.2, 0.25) is 0 Å². The Labute approximate surface area is 95.0 Å². The van der Waals surface area contributed by atoms with E-state index in [1.54, 1.807) is 0 Å². The normalized spacial score (nSPS) is 38.0. The highest BCUT2D eigenvalue weighted by Crippen LogP contribution is 2.47. The van der Waals surface area contributed by atoms with E-state index in [0.717, 1.165) is 17.9 Å². The van der Waals surface area contributed by atoms with Crippen molar-refractivity contribution in [2.24, 2.45) is 17.3 Å². The van der Waals surface area contributed by atoms with Crippen LogP contribution < -0.4 is 5.32 Å². The van der Waals surface area contributed by atoms with Crippen molar-refractivity contribution in [2.45, 2.75) is 65.3 Å². The van der Waals surface area contributed by atoms with Gasteiger partial charge in [-0.3, -0.25) is 0 Å². The molecule has 1 N–H and O–H groups in total. The lowest BCUT2D eigenvalue weighted by Gasteiger charge is -2.38. The van der Waals surface area contributed by atoms with Gasteiger partial charge in [-0.25, -0.2) is 0 Å². The standard InChI is InChI=1S/C14H27N/c1-11(2)10-13-14(3,8-9-15-13)12-6-4-5-7-12/h11-13,15H,4-10H2,1-3H3. The van der Waals surface area contributed by atoms with Gasteiger partial charge in [0.05, 0.1) is 0 Å². The molecular formula is C14H27N. The highest BCUT2D eigenvalue weighted by molar-refractivity contribution is 4.99. The second-order valence-electron chi connectivity index (χ2n) is 6.37. The SMILES string of the molecule is CC(C)CC1NCCC1(C)C1CCCC1. The summed E-state index contributed by atoms with van der Waals surface area (Å²) < 4.78 is 0. The van der Waals surface area contributed by atoms with Gasteiger partial charge in [-0.2, -0.15) is 0 Å². The molecule has 2 atom stereocenters. The van der Waals surface area contributed by atoms with Crippen LogP contribution in [0.5, 0.6) is 0 Å². The highest BCUT2D eigenvalue weighted by atomic mass is 15.0. The van der Waals surface area contributed by atoms with Crippen LogP contribution in [0.15, 0.2) is 0 Å². The van der Waals surface area contributed by atoms with Crippen molar-refractivity contribution in [1.82, 2.24) is 5.32 Å². The Morgan fingerprint density at radius 1 is 1.27 bits per heavy atom. The van der Waals surface area contributed by atoms with E-state index in [1.165, 1.54) is 45.1 Å². The second-order valence-corrected chi connectivity index (χ2v) is 6.37. The van der Waals surface area contributed by atoms with Crippen LogP contribution in [0.4, 0.5) is 0 Å². The molecule has 2 aliphatic rings. The zero-order valence-corrected chi connectivity index (χ0v) is 10.7. The Bertz CT molecular complexity index is 205. The zero-order chi connectivity index (χ0) is 10.9. The molecule has 0 radical (unpaired) electrons. The molecule has 1 saturated carbocycles. The molecule has 0 amide bonds. The summed E-state index contributed by atoms with van der Waals surface area (Å²) in [5.74, 6) is 1.84. The molecule has 2 rings (SSSR count). The summed E-state index contributed by atoms with van der Waals surface area (Å²) in [6.07, 6.45) is 8.73. The molecule has 1 heterocycles. The lowest BCUT2D eigenvalue weighted by molar-refractivity contribution is 0.148. The predicted molar refractivity (Wildman–Crippen MR) is 65.9 cm³/mol. The molecule has 1 aliphatic heterocycles. The first kappa shape index (κ1) is 11.4. The van der Waals surface area contributed by atoms with Gasteiger partial charge in [-0.05, 0) is 49.5 Å². The zero-order valence-electron chi connectivity index (χ0n) is 10.7. The first-order valence-corrected chi connectivity index (χ1v) is 6.86. The van der Waals surface area contributed by atoms with Crippen molar-refractivity contribution in [1.29, 1.82) is 0 Å². The molecule has 1 saturated heterocycles. The van der Waals surface area contributed by atoms with E-state index in [9.17, 15) is 0 Å². The van der Waals surface area contributed by atoms with E-state index in [2.05, 4.69) is 26.1 Å². The first-order chi connectivity index (χ1) is 7.13. The van der Waals surface area contributed by atoms with Crippen LogP contribution in [0, 0.1) is 17.3 Å². The van der Waals surface area contributed by atoms with Gasteiger partial charge in [0.15, 0.2) is 0 Å². The Hall–Kier alpha value is -0.0400. The van der Waals surface area contributed by atoms with E-state index in [1.807, 2.05) is 0 Å². The molecule has 2 fully saturated rings. The van der Waals surface area contributed by atoms with E-state index >= 15 is 0 Å². The van der Waals surface area contributed by atoms with Gasteiger partial charge in [0.2, 0.25) is 0 Å². The Morgan fingerprint density at radius 2 is 1.93 bits per heavy atom. The van der Waals surface area contributed by atoms with Gasteiger partial charge in [0.1, 0.15) is 0 Å². The van der Waals surface area contributed by atoms with Gasteiger partial charge in [0, 0.05) is 6.04 Å². The van der Waals surface area contributed by atoms with E-state index in [0.29, 0.717) is 5.41 Å². The summed E-state index contributed by atoms with van der Waals surface area (Å²) in [6.45, 7) is 8.52. The van der Waals surface area contributed by atoms with E-state index < -0.39 is 0 Å². The first-order valence-electron chi connectivity index (χ1n) is 6.86. The summed E-state index contributed by atoms with van der Waals surface area (Å²) in [5.41, 5.74) is 0.612. The number of nitrogens with one attached hydrogen (secondary N) is 1. The third kappa shape index (κ3) is 2.22. The third-order valence-electron chi connectivity index (χ3n) is 4.85. The minimum absolute atomic E-state index is 0.612. The smallest absolute Gasteiger partial charge is 0.0126 e. The molecule has 0 aromatic heterocycles. The molecule has 1 aliphatic carbocycles. The molecule has 0 bridgehead atoms. The summed E-state index contributed by atoms with van der Waals surface area (Å²) in [7, 11) is 0. The molecule has 0 aromatic carbocycles. The maximum Gasteiger partial charge on any atom is 0.0126 e. The summed E-state index contributed by atoms with van der Waals surface area (Å²) in [5, 5.41) is 3.76. The van der Waals surface area contributed by atoms with E-state index in [-0.39, 0.29) is 0 Å². The van der Waals surface area contributed by atoms with Crippen LogP contribution in [-0.2, 0) is 0 Å². The second kappa shape index (κ2) is 4.45. The Kier molecular flexibility index (Phi) is 3.39. The van der Waals surface area contributed by atoms with Crippen molar-refractivity contribution in [3.8, 4) is 0 Å². The molecular weight excluding hydrogens is 182 g/mol. The third-order valence-corrected chi connectivity index (χ3v) is 4.85. The average Bonchev–Trinajstić information content (AvgIpc) is 2.76. The van der Waals surface area contributed by atoms with Gasteiger partial charge in [-0.15, -0.1) is 0 Å². The van der Waals surface area contributed by atoms with Gasteiger partial charge < -0.3 is 5.32 Å². The van der Waals surface area contributed by atoms with Crippen molar-refractivity contribution in [2.75, 3.05) is 6.54 Å². The quantitative estimate of drug-likeness (QED) is 0.749. The minimum Gasteiger partial charge on any atom is -0.313 e. The Morgan fingerprint density at radius 3 is 2.53 bits per heavy atom. The molecule has 15 heavy (non-hydrogen) atoms. The van der Waals surface area contributed by atoms with Gasteiger partial charge in [-0.1, -0.05) is 33.6 Å². The van der Waals surface area contributed by atoms with Crippen molar-refractivity contribution >= 4 is 0 Å². The highest BCUT2D eigenvalue weighted by Gasteiger charge is 2.45. The van der Waals surface area contributed by atoms with Crippen LogP contribution in [0.25, 0.3) is 0 Å². The molecule has 0 aromatic rings. The van der Waals surface area contributed by atoms with Crippen molar-refractivity contribution < 1.29 is 0 Å². The molecule has 1 heteroatoms. The lowest BCUT2D eigenvalue weighted by atomic mass is 9.69. The largest absolute Gasteiger partial charge is 0.313 e. The fourth-order valence-corrected chi connectivity index (χ4v) is 3.82. The van der Waals surface area contributed by atoms with E-state index in [4.69, 9.17) is 0 Å². The minimum atomic E-state index is 0.612. The number of hydrogen-bond acceptors (Lipinski definition) is 1. The maximum atomic E-state index is 3.76. The monoisotopic (exact) mass is 209 g/mol. The fourth-order valence-electron chi connectivity index (χ4n) is 3.82. The number of rotatable bonds is 3. The Balaban J connectivity index is 2.03. The van der Waals surface area contributed by atoms with Gasteiger partial charge in [0.25, 0.3) is 0 Å². The van der Waals surface area contributed by atoms with Crippen LogP contribution in [0.3, 0.4) is 0 Å². The van der Waals surface area contributed by atoms with Crippen molar-refractivity contribution in [3.63, 3.8) is 0 Å². The molecule has 0 spiro atoms. The van der Waals surface area contributed by atoms with Crippen LogP contribution in [-0.4, -0.2) is 12.6 Å². The van der Waals surface area contributed by atoms with Crippen LogP contribution in [0.1, 0.15) is 59.3 Å². The van der Waals surface area contributed by atoms with Crippen LogP contribution >= 0.6 is 0 Å². The molecule has 1 nitrogen and oxygen atoms in total. The predicted octanol–water partition coefficient (Wildman–Crippen LogP) is 3.59. The summed E-state index contributed by atoms with van der Waals surface area (Å²) in [6, 6.07) is 0.792. The average molecular weight is 209 g/mol. The van der Waals surface area contributed by atoms with Crippen molar-refractivity contribution in [3.05, 3.63) is 0 Å². The lowest BCUT2D eigenvalue weighted by Crippen LogP contribution is -2.40. The topological polar surface area (TPSA) is 12.0 Å². The molecule has 2 unspecified atom stereocenters. The molecule has 88 valence electrons. The summed E-state index contributed by atoms with van der Waals surface area (Å²) in [4.78, 5) is 0. The fraction of sp³-hybridized carbons (Fsp3) is 1.00. The number of hydrogen-bond donors (Lipinski definition) is 1. The van der Waals surface area contributed by atoms with Gasteiger partial charge >= 0.3 is 0 Å².